The van der Waals surface area contributed by atoms with E-state index in [0.29, 0.717) is 35.4 Å². The van der Waals surface area contributed by atoms with E-state index in [1.165, 1.54) is 11.8 Å². The maximum absolute atomic E-state index is 13.7. The molecule has 4 heterocycles. The largest absolute Gasteiger partial charge is 0.457 e. The Morgan fingerprint density at radius 2 is 1.93 bits per heavy atom. The molecule has 43 heavy (non-hydrogen) atoms. The van der Waals surface area contributed by atoms with E-state index < -0.39 is 0 Å². The smallest absolute Gasteiger partial charge is 0.326 e. The molecular formula is C33H39N5O4S. The molecule has 4 aliphatic rings. The van der Waals surface area contributed by atoms with Crippen LogP contribution in [0.4, 0.5) is 10.5 Å². The highest BCUT2D eigenvalue weighted by atomic mass is 32.2. The Kier molecular flexibility index (Phi) is 8.50. The van der Waals surface area contributed by atoms with E-state index in [-0.39, 0.29) is 41.2 Å². The summed E-state index contributed by atoms with van der Waals surface area (Å²) in [7, 11) is 0. The molecule has 0 aromatic heterocycles. The summed E-state index contributed by atoms with van der Waals surface area (Å²) in [6, 6.07) is 15.0. The van der Waals surface area contributed by atoms with Gasteiger partial charge in [0, 0.05) is 36.4 Å². The van der Waals surface area contributed by atoms with Gasteiger partial charge in [-0.1, -0.05) is 49.9 Å². The first-order chi connectivity index (χ1) is 20.8. The second-order valence-corrected chi connectivity index (χ2v) is 13.1. The monoisotopic (exact) mass is 601 g/mol. The summed E-state index contributed by atoms with van der Waals surface area (Å²) in [5, 5.41) is 9.83. The van der Waals surface area contributed by atoms with Crippen LogP contribution in [0.3, 0.4) is 0 Å². The molecule has 10 heteroatoms. The number of thioether (sulfide) groups is 1. The molecule has 0 spiro atoms. The second-order valence-electron chi connectivity index (χ2n) is 12.0. The van der Waals surface area contributed by atoms with Gasteiger partial charge in [0.25, 0.3) is 5.91 Å². The number of para-hydroxylation sites is 1. The fraction of sp³-hybridized carbons (Fsp3) is 0.424. The van der Waals surface area contributed by atoms with Gasteiger partial charge < -0.3 is 25.6 Å². The first-order valence-electron chi connectivity index (χ1n) is 15.1. The number of amides is 4. The Labute approximate surface area is 257 Å². The highest BCUT2D eigenvalue weighted by molar-refractivity contribution is 8.04. The number of allylic oxidation sites excluding steroid dienone is 1. The van der Waals surface area contributed by atoms with E-state index in [9.17, 15) is 14.4 Å². The van der Waals surface area contributed by atoms with E-state index >= 15 is 0 Å². The number of piperidine rings is 2. The molecule has 4 aliphatic heterocycles. The maximum Gasteiger partial charge on any atom is 0.326 e. The van der Waals surface area contributed by atoms with Crippen LogP contribution in [0.15, 0.2) is 71.3 Å². The number of likely N-dealkylation sites (tertiary alicyclic amines) is 1. The molecule has 3 saturated heterocycles. The van der Waals surface area contributed by atoms with Gasteiger partial charge in [0.05, 0.1) is 16.3 Å². The SMILES string of the molecule is Cc1cc(Oc2ccccc2)ccc1N1C(=O)NC2=C(C(=O)N[C@@H]3CCCN(C(=O)/C=C/C(C)C)C3)SC3NCCC1C23. The number of anilines is 1. The van der Waals surface area contributed by atoms with Crippen molar-refractivity contribution in [2.24, 2.45) is 11.8 Å². The lowest BCUT2D eigenvalue weighted by Crippen LogP contribution is -2.62. The van der Waals surface area contributed by atoms with E-state index in [0.717, 1.165) is 42.8 Å². The zero-order valence-corrected chi connectivity index (χ0v) is 25.7. The third kappa shape index (κ3) is 6.17. The van der Waals surface area contributed by atoms with Crippen molar-refractivity contribution in [3.05, 3.63) is 76.8 Å². The normalized spacial score (nSPS) is 25.2. The highest BCUT2D eigenvalue weighted by Gasteiger charge is 2.52. The van der Waals surface area contributed by atoms with Crippen LogP contribution >= 0.6 is 11.8 Å². The zero-order valence-electron chi connectivity index (χ0n) is 24.8. The van der Waals surface area contributed by atoms with Crippen molar-refractivity contribution in [2.45, 2.75) is 57.5 Å². The summed E-state index contributed by atoms with van der Waals surface area (Å²) in [6.45, 7) is 7.99. The number of nitrogens with zero attached hydrogens (tertiary/aromatic N) is 2. The minimum Gasteiger partial charge on any atom is -0.457 e. The molecule has 3 unspecified atom stereocenters. The van der Waals surface area contributed by atoms with Crippen LogP contribution in [0, 0.1) is 18.8 Å². The Balaban J connectivity index is 1.18. The summed E-state index contributed by atoms with van der Waals surface area (Å²) < 4.78 is 6.01. The number of hydrogen-bond donors (Lipinski definition) is 3. The molecule has 3 N–H and O–H groups in total. The maximum atomic E-state index is 13.7. The Hall–Kier alpha value is -3.76. The number of carbonyl (C=O) groups excluding carboxylic acids is 3. The van der Waals surface area contributed by atoms with Gasteiger partial charge in [-0.25, -0.2) is 4.79 Å². The number of ether oxygens (including phenoxy) is 1. The molecule has 6 rings (SSSR count). The Morgan fingerprint density at radius 3 is 2.70 bits per heavy atom. The highest BCUT2D eigenvalue weighted by Crippen LogP contribution is 2.48. The first-order valence-corrected chi connectivity index (χ1v) is 16.0. The average Bonchev–Trinajstić information content (AvgIpc) is 3.37. The minimum absolute atomic E-state index is 0.0100. The van der Waals surface area contributed by atoms with Gasteiger partial charge in [0.15, 0.2) is 0 Å². The van der Waals surface area contributed by atoms with Crippen molar-refractivity contribution in [1.29, 1.82) is 0 Å². The van der Waals surface area contributed by atoms with E-state index in [1.807, 2.05) is 85.2 Å². The fourth-order valence-corrected chi connectivity index (χ4v) is 7.81. The van der Waals surface area contributed by atoms with E-state index in [2.05, 4.69) is 16.0 Å². The molecule has 0 saturated carbocycles. The summed E-state index contributed by atoms with van der Waals surface area (Å²) >= 11 is 1.50. The van der Waals surface area contributed by atoms with Crippen LogP contribution in [0.2, 0.25) is 0 Å². The molecule has 2 aromatic carbocycles. The summed E-state index contributed by atoms with van der Waals surface area (Å²) in [5.41, 5.74) is 2.48. The van der Waals surface area contributed by atoms with Crippen molar-refractivity contribution in [3.8, 4) is 11.5 Å². The van der Waals surface area contributed by atoms with Crippen LogP contribution in [0.1, 0.15) is 38.7 Å². The predicted molar refractivity (Wildman–Crippen MR) is 169 cm³/mol. The first kappa shape index (κ1) is 29.3. The lowest BCUT2D eigenvalue weighted by atomic mass is 9.86. The zero-order chi connectivity index (χ0) is 30.1. The quantitative estimate of drug-likeness (QED) is 0.391. The van der Waals surface area contributed by atoms with Gasteiger partial charge in [0.1, 0.15) is 11.5 Å². The third-order valence-electron chi connectivity index (χ3n) is 8.45. The molecule has 0 bridgehead atoms. The number of hydrogen-bond acceptors (Lipinski definition) is 6. The molecular weight excluding hydrogens is 562 g/mol. The molecule has 4 atom stereocenters. The topological polar surface area (TPSA) is 103 Å². The van der Waals surface area contributed by atoms with Crippen LogP contribution < -0.4 is 25.6 Å². The number of benzene rings is 2. The Morgan fingerprint density at radius 1 is 1.12 bits per heavy atom. The molecule has 226 valence electrons. The van der Waals surface area contributed by atoms with Gasteiger partial charge in [-0.15, -0.1) is 0 Å². The van der Waals surface area contributed by atoms with Crippen LogP contribution in [0.25, 0.3) is 0 Å². The van der Waals surface area contributed by atoms with Crippen molar-refractivity contribution in [2.75, 3.05) is 24.5 Å². The second kappa shape index (κ2) is 12.5. The van der Waals surface area contributed by atoms with Crippen LogP contribution in [-0.2, 0) is 9.59 Å². The van der Waals surface area contributed by atoms with Gasteiger partial charge in [0.2, 0.25) is 5.91 Å². The molecule has 0 radical (unpaired) electrons. The number of aryl methyl sites for hydroxylation is 1. The van der Waals surface area contributed by atoms with Gasteiger partial charge in [-0.3, -0.25) is 14.5 Å². The predicted octanol–water partition coefficient (Wildman–Crippen LogP) is 4.90. The third-order valence-corrected chi connectivity index (χ3v) is 9.80. The molecule has 0 aliphatic carbocycles. The van der Waals surface area contributed by atoms with Crippen molar-refractivity contribution < 1.29 is 19.1 Å². The number of rotatable bonds is 7. The summed E-state index contributed by atoms with van der Waals surface area (Å²) in [6.07, 6.45) is 5.96. The van der Waals surface area contributed by atoms with E-state index in [1.54, 1.807) is 6.08 Å². The molecule has 2 aromatic rings. The fourth-order valence-electron chi connectivity index (χ4n) is 6.41. The van der Waals surface area contributed by atoms with Gasteiger partial charge in [-0.2, -0.15) is 0 Å². The van der Waals surface area contributed by atoms with E-state index in [4.69, 9.17) is 4.74 Å². The van der Waals surface area contributed by atoms with Crippen molar-refractivity contribution in [3.63, 3.8) is 0 Å². The lowest BCUT2D eigenvalue weighted by Gasteiger charge is -2.46. The average molecular weight is 602 g/mol. The van der Waals surface area contributed by atoms with Gasteiger partial charge >= 0.3 is 6.03 Å². The standard InChI is InChI=1S/C33H39N5O4S/c1-20(2)11-14-27(39)37-17-7-8-22(19-37)35-31(40)30-29-28-26(15-16-34-32(28)43-30)38(33(41)36-29)25-13-12-24(18-21(25)3)42-23-9-5-4-6-10-23/h4-6,9-14,18,20,22,26,28,32,34H,7-8,15-17,19H2,1-3H3,(H,35,40)(H,36,41)/b14-11+/t22-,26?,28?,32?/m1/s1. The summed E-state index contributed by atoms with van der Waals surface area (Å²) in [4.78, 5) is 44.2. The van der Waals surface area contributed by atoms with Crippen LogP contribution in [0.5, 0.6) is 11.5 Å². The summed E-state index contributed by atoms with van der Waals surface area (Å²) in [5.74, 6) is 1.53. The van der Waals surface area contributed by atoms with Crippen LogP contribution in [-0.4, -0.2) is 59.8 Å². The lowest BCUT2D eigenvalue weighted by molar-refractivity contribution is -0.128. The number of nitrogens with one attached hydrogen (secondary N) is 3. The van der Waals surface area contributed by atoms with Gasteiger partial charge in [-0.05, 0) is 80.6 Å². The molecule has 9 nitrogen and oxygen atoms in total. The number of urea groups is 1. The Bertz CT molecular complexity index is 1460. The minimum atomic E-state index is -0.226. The molecule has 4 amide bonds. The van der Waals surface area contributed by atoms with Crippen molar-refractivity contribution in [1.82, 2.24) is 20.9 Å². The number of carbonyl (C=O) groups is 3. The molecule has 3 fully saturated rings. The van der Waals surface area contributed by atoms with Crippen molar-refractivity contribution >= 4 is 35.3 Å².